The van der Waals surface area contributed by atoms with Gasteiger partial charge < -0.3 is 9.47 Å². The molecule has 2 aliphatic rings. The van der Waals surface area contributed by atoms with Gasteiger partial charge in [0.15, 0.2) is 0 Å². The number of aliphatic imine (C=N–C) groups is 1. The number of halogens is 1. The van der Waals surface area contributed by atoms with Gasteiger partial charge in [-0.15, -0.1) is 0 Å². The number of hydrogen-bond donors (Lipinski definition) is 1. The summed E-state index contributed by atoms with van der Waals surface area (Å²) in [6.45, 7) is 5.38. The summed E-state index contributed by atoms with van der Waals surface area (Å²) in [7, 11) is 3.34. The Morgan fingerprint density at radius 2 is 2.00 bits per heavy atom. The van der Waals surface area contributed by atoms with E-state index in [-0.39, 0.29) is 23.5 Å². The second kappa shape index (κ2) is 9.28. The molecule has 0 bridgehead atoms. The Hall–Kier alpha value is -1.93. The number of nitrogens with one attached hydrogen (secondary N) is 1. The Morgan fingerprint density at radius 3 is 2.58 bits per heavy atom. The highest BCUT2D eigenvalue weighted by Gasteiger charge is 2.48. The molecular formula is C23H32BrN3O4. The fraction of sp³-hybridized carbons (Fsp3) is 0.609. The van der Waals surface area contributed by atoms with Crippen molar-refractivity contribution in [2.45, 2.75) is 70.6 Å². The van der Waals surface area contributed by atoms with Crippen molar-refractivity contribution in [2.24, 2.45) is 10.4 Å². The summed E-state index contributed by atoms with van der Waals surface area (Å²) in [6, 6.07) is 6.12. The lowest BCUT2D eigenvalue weighted by Gasteiger charge is -2.40. The molecule has 0 aromatic heterocycles. The van der Waals surface area contributed by atoms with Crippen molar-refractivity contribution in [3.63, 3.8) is 0 Å². The zero-order chi connectivity index (χ0) is 22.8. The van der Waals surface area contributed by atoms with Gasteiger partial charge in [0.25, 0.3) is 0 Å². The molecular weight excluding hydrogens is 462 g/mol. The average Bonchev–Trinajstić information content (AvgIpc) is 2.98. The average molecular weight is 494 g/mol. The first kappa shape index (κ1) is 23.7. The number of alkyl carbamates (subject to hydrolysis) is 1. The van der Waals surface area contributed by atoms with Crippen LogP contribution in [0.15, 0.2) is 27.7 Å². The van der Waals surface area contributed by atoms with Crippen molar-refractivity contribution in [1.29, 1.82) is 0 Å². The predicted octanol–water partition coefficient (Wildman–Crippen LogP) is 4.59. The van der Waals surface area contributed by atoms with Crippen molar-refractivity contribution in [2.75, 3.05) is 14.2 Å². The molecule has 1 atom stereocenters. The van der Waals surface area contributed by atoms with Crippen molar-refractivity contribution in [3.8, 4) is 0 Å². The molecule has 0 aliphatic heterocycles. The molecule has 0 radical (unpaired) electrons. The van der Waals surface area contributed by atoms with E-state index in [1.165, 1.54) is 10.5 Å². The molecule has 3 rings (SSSR count). The number of rotatable bonds is 3. The van der Waals surface area contributed by atoms with Crippen LogP contribution in [0, 0.1) is 5.41 Å². The molecule has 1 fully saturated rings. The van der Waals surface area contributed by atoms with Gasteiger partial charge in [0.05, 0.1) is 12.1 Å². The minimum absolute atomic E-state index is 0.0667. The summed E-state index contributed by atoms with van der Waals surface area (Å²) in [6.07, 6.45) is 5.07. The van der Waals surface area contributed by atoms with Gasteiger partial charge in [0.2, 0.25) is 12.4 Å². The van der Waals surface area contributed by atoms with Crippen LogP contribution in [0.1, 0.15) is 63.6 Å². The zero-order valence-electron chi connectivity index (χ0n) is 18.9. The number of carbonyl (C=O) groups excluding carboxylic acids is 2. The summed E-state index contributed by atoms with van der Waals surface area (Å²) in [4.78, 5) is 30.2. The van der Waals surface area contributed by atoms with Crippen LogP contribution in [-0.2, 0) is 20.7 Å². The van der Waals surface area contributed by atoms with E-state index < -0.39 is 11.7 Å². The number of methoxy groups -OCH3 is 1. The Balaban J connectivity index is 1.98. The van der Waals surface area contributed by atoms with Crippen molar-refractivity contribution in [3.05, 3.63) is 33.8 Å². The van der Waals surface area contributed by atoms with E-state index in [1.54, 1.807) is 34.9 Å². The third-order valence-electron chi connectivity index (χ3n) is 6.14. The molecule has 1 N–H and O–H groups in total. The molecule has 0 saturated heterocycles. The van der Waals surface area contributed by atoms with Gasteiger partial charge in [-0.3, -0.25) is 15.0 Å². The van der Waals surface area contributed by atoms with E-state index in [2.05, 4.69) is 39.4 Å². The predicted molar refractivity (Wildman–Crippen MR) is 123 cm³/mol. The largest absolute Gasteiger partial charge is 0.444 e. The Bertz CT molecular complexity index is 857. The lowest BCUT2D eigenvalue weighted by atomic mass is 9.69. The second-order valence-electron chi connectivity index (χ2n) is 9.52. The van der Waals surface area contributed by atoms with Crippen LogP contribution in [0.4, 0.5) is 4.79 Å². The molecule has 1 spiro atoms. The number of amides is 2. The van der Waals surface area contributed by atoms with Crippen LogP contribution in [0.3, 0.4) is 0 Å². The van der Waals surface area contributed by atoms with E-state index in [1.807, 2.05) is 0 Å². The normalized spacial score (nSPS) is 25.8. The monoisotopic (exact) mass is 493 g/mol. The van der Waals surface area contributed by atoms with Crippen molar-refractivity contribution in [1.82, 2.24) is 10.2 Å². The molecule has 1 aromatic carbocycles. The van der Waals surface area contributed by atoms with Gasteiger partial charge in [-0.25, -0.2) is 9.79 Å². The number of nitrogens with zero attached hydrogens (tertiary/aromatic N) is 2. The molecule has 2 amide bonds. The van der Waals surface area contributed by atoms with Crippen LogP contribution >= 0.6 is 15.9 Å². The zero-order valence-corrected chi connectivity index (χ0v) is 20.5. The number of fused-ring (bicyclic) bond motifs is 1. The summed E-state index contributed by atoms with van der Waals surface area (Å²) < 4.78 is 12.0. The minimum Gasteiger partial charge on any atom is -0.444 e. The summed E-state index contributed by atoms with van der Waals surface area (Å²) in [5.74, 6) is 0.190. The summed E-state index contributed by atoms with van der Waals surface area (Å²) in [5.41, 5.74) is 1.67. The van der Waals surface area contributed by atoms with Gasteiger partial charge in [0.1, 0.15) is 5.60 Å². The number of carbonyl (C=O) groups is 2. The maximum atomic E-state index is 12.4. The fourth-order valence-electron chi connectivity index (χ4n) is 4.62. The molecule has 2 aliphatic carbocycles. The molecule has 1 saturated carbocycles. The third-order valence-corrected chi connectivity index (χ3v) is 6.64. The first-order valence-corrected chi connectivity index (χ1v) is 11.4. The number of benzene rings is 1. The van der Waals surface area contributed by atoms with E-state index in [0.29, 0.717) is 6.41 Å². The minimum atomic E-state index is -0.653. The van der Waals surface area contributed by atoms with E-state index in [4.69, 9.17) is 14.5 Å². The van der Waals surface area contributed by atoms with Gasteiger partial charge in [-0.05, 0) is 76.1 Å². The van der Waals surface area contributed by atoms with Crippen molar-refractivity contribution < 1.29 is 19.1 Å². The Labute approximate surface area is 192 Å². The van der Waals surface area contributed by atoms with Crippen molar-refractivity contribution >= 4 is 34.4 Å². The van der Waals surface area contributed by atoms with Crippen LogP contribution < -0.4 is 5.32 Å². The van der Waals surface area contributed by atoms with E-state index >= 15 is 0 Å². The van der Waals surface area contributed by atoms with E-state index in [0.717, 1.165) is 42.1 Å². The molecule has 0 heterocycles. The molecule has 170 valence electrons. The quantitative estimate of drug-likeness (QED) is 0.379. The summed E-state index contributed by atoms with van der Waals surface area (Å²) in [5, 5.41) is 2.69. The highest BCUT2D eigenvalue weighted by molar-refractivity contribution is 9.10. The van der Waals surface area contributed by atoms with Crippen LogP contribution in [0.25, 0.3) is 0 Å². The highest BCUT2D eigenvalue weighted by atomic mass is 79.9. The van der Waals surface area contributed by atoms with E-state index in [9.17, 15) is 9.59 Å². The third kappa shape index (κ3) is 5.47. The fourth-order valence-corrected chi connectivity index (χ4v) is 5.00. The Morgan fingerprint density at radius 1 is 1.32 bits per heavy atom. The standard InChI is InChI=1S/C23H32BrN3O4/c1-22(2,3)31-21(29)26-20(27(4)14-28)25-19-18-12-16(24)7-6-15(18)13-23(19)10-8-17(30-5)9-11-23/h6-7,12,14,17,19H,8-11,13H2,1-5H3,(H,25,26,29). The first-order valence-electron chi connectivity index (χ1n) is 10.6. The molecule has 31 heavy (non-hydrogen) atoms. The number of ether oxygens (including phenoxy) is 2. The number of hydrogen-bond acceptors (Lipinski definition) is 5. The molecule has 8 heteroatoms. The summed E-state index contributed by atoms with van der Waals surface area (Å²) >= 11 is 3.58. The lowest BCUT2D eigenvalue weighted by Crippen LogP contribution is -2.45. The maximum Gasteiger partial charge on any atom is 0.414 e. The van der Waals surface area contributed by atoms with Crippen LogP contribution in [0.2, 0.25) is 0 Å². The second-order valence-corrected chi connectivity index (χ2v) is 10.4. The van der Waals surface area contributed by atoms with Gasteiger partial charge in [0, 0.05) is 24.0 Å². The van der Waals surface area contributed by atoms with Gasteiger partial charge in [-0.1, -0.05) is 22.0 Å². The number of guanidine groups is 1. The molecule has 1 unspecified atom stereocenters. The first-order chi connectivity index (χ1) is 14.6. The highest BCUT2D eigenvalue weighted by Crippen LogP contribution is 2.56. The van der Waals surface area contributed by atoms with Gasteiger partial charge in [-0.2, -0.15) is 0 Å². The smallest absolute Gasteiger partial charge is 0.414 e. The maximum absolute atomic E-state index is 12.4. The lowest BCUT2D eigenvalue weighted by molar-refractivity contribution is -0.114. The van der Waals surface area contributed by atoms with Gasteiger partial charge >= 0.3 is 6.09 Å². The molecule has 7 nitrogen and oxygen atoms in total. The van der Waals surface area contributed by atoms with Crippen LogP contribution in [-0.4, -0.2) is 49.2 Å². The Kier molecular flexibility index (Phi) is 7.11. The SMILES string of the molecule is COC1CCC2(CC1)Cc1ccc(Br)cc1C2/N=C(/NC(=O)OC(C)(C)C)N(C)C=O. The topological polar surface area (TPSA) is 80.2 Å². The van der Waals surface area contributed by atoms with Crippen LogP contribution in [0.5, 0.6) is 0 Å². The molecule has 1 aromatic rings.